The van der Waals surface area contributed by atoms with Crippen molar-refractivity contribution in [1.29, 1.82) is 0 Å². The van der Waals surface area contributed by atoms with Crippen LogP contribution in [0.2, 0.25) is 0 Å². The van der Waals surface area contributed by atoms with E-state index in [0.29, 0.717) is 25.1 Å². The third-order valence-corrected chi connectivity index (χ3v) is 3.63. The molecule has 2 N–H and O–H groups in total. The molecule has 0 saturated carbocycles. The van der Waals surface area contributed by atoms with Crippen molar-refractivity contribution in [3.05, 3.63) is 48.3 Å². The highest BCUT2D eigenvalue weighted by molar-refractivity contribution is 5.94. The van der Waals surface area contributed by atoms with Crippen molar-refractivity contribution >= 4 is 5.91 Å². The zero-order valence-corrected chi connectivity index (χ0v) is 10.9. The molecule has 0 aliphatic carbocycles. The molecule has 1 fully saturated rings. The van der Waals surface area contributed by atoms with Gasteiger partial charge in [0, 0.05) is 50.0 Å². The Hall–Kier alpha value is -2.21. The van der Waals surface area contributed by atoms with Crippen LogP contribution < -0.4 is 0 Å². The lowest BCUT2D eigenvalue weighted by molar-refractivity contribution is 0.0765. The number of H-pyrrole nitrogens is 1. The summed E-state index contributed by atoms with van der Waals surface area (Å²) in [5.41, 5.74) is 1.46. The van der Waals surface area contributed by atoms with Crippen LogP contribution in [0, 0.1) is 5.92 Å². The minimum atomic E-state index is -0.514. The number of nitrogens with zero attached hydrogens (tertiary/aromatic N) is 3. The van der Waals surface area contributed by atoms with Gasteiger partial charge in [-0.2, -0.15) is 0 Å². The Morgan fingerprint density at radius 2 is 2.35 bits per heavy atom. The molecule has 1 aliphatic rings. The summed E-state index contributed by atoms with van der Waals surface area (Å²) < 4.78 is 0. The Bertz CT molecular complexity index is 570. The van der Waals surface area contributed by atoms with E-state index in [1.54, 1.807) is 42.0 Å². The summed E-state index contributed by atoms with van der Waals surface area (Å²) in [6.07, 6.45) is 8.46. The van der Waals surface area contributed by atoms with Crippen LogP contribution in [0.3, 0.4) is 0 Å². The molecular formula is C14H16N4O2. The SMILES string of the molecule is O=C(c1cc[nH]c1)N1C[C@@H](Cc2cnccn2)[C@H](O)C1. The first-order valence-corrected chi connectivity index (χ1v) is 6.59. The van der Waals surface area contributed by atoms with Crippen molar-refractivity contribution in [3.63, 3.8) is 0 Å². The number of carbonyl (C=O) groups excluding carboxylic acids is 1. The van der Waals surface area contributed by atoms with Crippen molar-refractivity contribution in [3.8, 4) is 0 Å². The van der Waals surface area contributed by atoms with Crippen LogP contribution in [-0.4, -0.2) is 50.1 Å². The molecule has 0 radical (unpaired) electrons. The highest BCUT2D eigenvalue weighted by Gasteiger charge is 2.34. The number of aromatic nitrogens is 3. The molecular weight excluding hydrogens is 256 g/mol. The fraction of sp³-hybridized carbons (Fsp3) is 0.357. The largest absolute Gasteiger partial charge is 0.391 e. The van der Waals surface area contributed by atoms with E-state index in [1.165, 1.54) is 0 Å². The van der Waals surface area contributed by atoms with Crippen molar-refractivity contribution in [2.75, 3.05) is 13.1 Å². The van der Waals surface area contributed by atoms with Gasteiger partial charge in [-0.3, -0.25) is 14.8 Å². The molecule has 2 aromatic heterocycles. The van der Waals surface area contributed by atoms with Crippen LogP contribution >= 0.6 is 0 Å². The van der Waals surface area contributed by atoms with Crippen molar-refractivity contribution in [2.24, 2.45) is 5.92 Å². The second-order valence-corrected chi connectivity index (χ2v) is 5.04. The maximum atomic E-state index is 12.2. The van der Waals surface area contributed by atoms with E-state index in [4.69, 9.17) is 0 Å². The van der Waals surface area contributed by atoms with E-state index >= 15 is 0 Å². The van der Waals surface area contributed by atoms with Gasteiger partial charge in [-0.15, -0.1) is 0 Å². The maximum absolute atomic E-state index is 12.2. The summed E-state index contributed by atoms with van der Waals surface area (Å²) in [5, 5.41) is 10.1. The monoisotopic (exact) mass is 272 g/mol. The summed E-state index contributed by atoms with van der Waals surface area (Å²) in [6, 6.07) is 1.74. The Morgan fingerprint density at radius 3 is 3.05 bits per heavy atom. The molecule has 3 heterocycles. The summed E-state index contributed by atoms with van der Waals surface area (Å²) in [5.74, 6) is -0.0402. The van der Waals surface area contributed by atoms with Crippen molar-refractivity contribution in [2.45, 2.75) is 12.5 Å². The van der Waals surface area contributed by atoms with E-state index in [1.807, 2.05) is 0 Å². The molecule has 1 saturated heterocycles. The third-order valence-electron chi connectivity index (χ3n) is 3.63. The summed E-state index contributed by atoms with van der Waals surface area (Å²) >= 11 is 0. The minimum Gasteiger partial charge on any atom is -0.391 e. The van der Waals surface area contributed by atoms with Gasteiger partial charge in [0.1, 0.15) is 0 Å². The Kier molecular flexibility index (Phi) is 3.47. The Labute approximate surface area is 116 Å². The number of likely N-dealkylation sites (tertiary alicyclic amines) is 1. The van der Waals surface area contributed by atoms with Gasteiger partial charge in [0.25, 0.3) is 5.91 Å². The van der Waals surface area contributed by atoms with Crippen LogP contribution in [0.4, 0.5) is 0 Å². The van der Waals surface area contributed by atoms with E-state index in [0.717, 1.165) is 5.69 Å². The number of nitrogens with one attached hydrogen (secondary N) is 1. The molecule has 2 aromatic rings. The number of β-amino-alcohol motifs (C(OH)–C–C–N with tert-alkyl or cyclic N) is 1. The molecule has 104 valence electrons. The molecule has 0 spiro atoms. The quantitative estimate of drug-likeness (QED) is 0.851. The second kappa shape index (κ2) is 5.42. The molecule has 3 rings (SSSR count). The number of hydrogen-bond acceptors (Lipinski definition) is 4. The van der Waals surface area contributed by atoms with E-state index < -0.39 is 6.10 Å². The first-order chi connectivity index (χ1) is 9.74. The van der Waals surface area contributed by atoms with Gasteiger partial charge in [-0.1, -0.05) is 0 Å². The number of carbonyl (C=O) groups is 1. The van der Waals surface area contributed by atoms with Gasteiger partial charge in [0.15, 0.2) is 0 Å². The van der Waals surface area contributed by atoms with Crippen LogP contribution in [-0.2, 0) is 6.42 Å². The molecule has 1 aliphatic heterocycles. The van der Waals surface area contributed by atoms with Gasteiger partial charge in [0.2, 0.25) is 0 Å². The molecule has 20 heavy (non-hydrogen) atoms. The molecule has 1 amide bonds. The van der Waals surface area contributed by atoms with Gasteiger partial charge >= 0.3 is 0 Å². The molecule has 0 bridgehead atoms. The lowest BCUT2D eigenvalue weighted by Crippen LogP contribution is -2.29. The van der Waals surface area contributed by atoms with Crippen LogP contribution in [0.25, 0.3) is 0 Å². The number of amides is 1. The molecule has 0 aromatic carbocycles. The van der Waals surface area contributed by atoms with Crippen LogP contribution in [0.15, 0.2) is 37.1 Å². The first kappa shape index (κ1) is 12.8. The Balaban J connectivity index is 1.66. The smallest absolute Gasteiger partial charge is 0.255 e. The first-order valence-electron chi connectivity index (χ1n) is 6.59. The summed E-state index contributed by atoms with van der Waals surface area (Å²) in [7, 11) is 0. The highest BCUT2D eigenvalue weighted by Crippen LogP contribution is 2.22. The number of rotatable bonds is 3. The molecule has 2 atom stereocenters. The number of aromatic amines is 1. The zero-order valence-electron chi connectivity index (χ0n) is 10.9. The number of aliphatic hydroxyl groups excluding tert-OH is 1. The van der Waals surface area contributed by atoms with E-state index in [-0.39, 0.29) is 11.8 Å². The van der Waals surface area contributed by atoms with Crippen molar-refractivity contribution in [1.82, 2.24) is 19.9 Å². The maximum Gasteiger partial charge on any atom is 0.255 e. The van der Waals surface area contributed by atoms with Crippen LogP contribution in [0.1, 0.15) is 16.1 Å². The molecule has 6 nitrogen and oxygen atoms in total. The third kappa shape index (κ3) is 2.55. The molecule has 6 heteroatoms. The number of aliphatic hydroxyl groups is 1. The highest BCUT2D eigenvalue weighted by atomic mass is 16.3. The zero-order chi connectivity index (χ0) is 13.9. The standard InChI is InChI=1S/C14H16N4O2/c19-13-9-18(14(20)10-1-2-15-6-10)8-11(13)5-12-7-16-3-4-17-12/h1-4,6-7,11,13,15,19H,5,8-9H2/t11-,13-/m1/s1. The predicted octanol–water partition coefficient (Wildman–Crippen LogP) is 0.480. The summed E-state index contributed by atoms with van der Waals surface area (Å²) in [4.78, 5) is 25.0. The average molecular weight is 272 g/mol. The fourth-order valence-electron chi connectivity index (χ4n) is 2.56. The van der Waals surface area contributed by atoms with E-state index in [2.05, 4.69) is 15.0 Å². The predicted molar refractivity (Wildman–Crippen MR) is 71.9 cm³/mol. The number of hydrogen-bond donors (Lipinski definition) is 2. The second-order valence-electron chi connectivity index (χ2n) is 5.04. The van der Waals surface area contributed by atoms with Gasteiger partial charge in [0.05, 0.1) is 17.4 Å². The average Bonchev–Trinajstić information content (AvgIpc) is 3.10. The molecule has 0 unspecified atom stereocenters. The van der Waals surface area contributed by atoms with Crippen LogP contribution in [0.5, 0.6) is 0 Å². The fourth-order valence-corrected chi connectivity index (χ4v) is 2.56. The van der Waals surface area contributed by atoms with Gasteiger partial charge in [-0.05, 0) is 12.5 Å². The van der Waals surface area contributed by atoms with Gasteiger partial charge < -0.3 is 15.0 Å². The normalized spacial score (nSPS) is 22.1. The lowest BCUT2D eigenvalue weighted by atomic mass is 10.0. The topological polar surface area (TPSA) is 82.1 Å². The lowest BCUT2D eigenvalue weighted by Gasteiger charge is -2.15. The van der Waals surface area contributed by atoms with Crippen molar-refractivity contribution < 1.29 is 9.90 Å². The van der Waals surface area contributed by atoms with Gasteiger partial charge in [-0.25, -0.2) is 0 Å². The Morgan fingerprint density at radius 1 is 1.45 bits per heavy atom. The summed E-state index contributed by atoms with van der Waals surface area (Å²) in [6.45, 7) is 0.913. The van der Waals surface area contributed by atoms with E-state index in [9.17, 15) is 9.90 Å². The minimum absolute atomic E-state index is 0.00888.